The molecule has 0 aromatic heterocycles. The van der Waals surface area contributed by atoms with Crippen molar-refractivity contribution in [2.45, 2.75) is 0 Å². The zero-order valence-electron chi connectivity index (χ0n) is 3.09. The normalized spacial score (nSPS) is 10.7. The van der Waals surface area contributed by atoms with Crippen LogP contribution in [0.15, 0.2) is 0 Å². The van der Waals surface area contributed by atoms with Gasteiger partial charge in [0.1, 0.15) is 0 Å². The molecule has 0 aliphatic rings. The quantitative estimate of drug-likeness (QED) is 0.370. The van der Waals surface area contributed by atoms with Gasteiger partial charge in [-0.05, 0) is 0 Å². The van der Waals surface area contributed by atoms with E-state index in [0.717, 1.165) is 11.7 Å². The highest BCUT2D eigenvalue weighted by atomic mass is 32.3. The molecule has 0 N–H and O–H groups in total. The average Bonchev–Trinajstić information content (AvgIpc) is 1.68. The summed E-state index contributed by atoms with van der Waals surface area (Å²) in [6, 6.07) is 0. The fraction of sp³-hybridized carbons (Fsp3) is 0. The highest BCUT2D eigenvalue weighted by Gasteiger charge is 2.20. The highest BCUT2D eigenvalue weighted by molar-refractivity contribution is 7.92. The van der Waals surface area contributed by atoms with E-state index in [1.807, 2.05) is 0 Å². The first-order chi connectivity index (χ1) is 3.31. The van der Waals surface area contributed by atoms with E-state index >= 15 is 0 Å². The second-order valence-corrected chi connectivity index (χ2v) is 1.29. The van der Waals surface area contributed by atoms with Gasteiger partial charge in [0, 0.05) is 0 Å². The van der Waals surface area contributed by atoms with Gasteiger partial charge in [0.05, 0.1) is 3.89 Å². The third-order valence-corrected chi connectivity index (χ3v) is 0.547. The second-order valence-electron chi connectivity index (χ2n) is 0.489. The van der Waals surface area contributed by atoms with Crippen molar-refractivity contribution in [2.24, 2.45) is 0 Å². The first kappa shape index (κ1) is 6.06. The van der Waals surface area contributed by atoms with Gasteiger partial charge in [-0.15, -0.1) is 14.7 Å². The second kappa shape index (κ2) is 3.26. The molecule has 0 spiro atoms. The van der Waals surface area contributed by atoms with Crippen molar-refractivity contribution in [3.8, 4) is 11.7 Å². The van der Waals surface area contributed by atoms with Crippen molar-refractivity contribution >= 4 is 11.6 Å². The number of nitrogens with zero attached hydrogens (tertiary/aromatic N) is 2. The SMILES string of the molecule is N#CO[S+](F)C#N. The molecule has 0 amide bonds. The molecule has 5 heteroatoms. The van der Waals surface area contributed by atoms with Crippen LogP contribution in [0.5, 0.6) is 0 Å². The molecule has 0 bridgehead atoms. The summed E-state index contributed by atoms with van der Waals surface area (Å²) in [6.07, 6.45) is 1.03. The largest absolute Gasteiger partial charge is 0.551 e. The van der Waals surface area contributed by atoms with E-state index in [1.54, 1.807) is 0 Å². The molecule has 0 saturated heterocycles. The number of halogens is 1. The summed E-state index contributed by atoms with van der Waals surface area (Å²) in [6.45, 7) is 0. The van der Waals surface area contributed by atoms with Gasteiger partial charge < -0.3 is 0 Å². The monoisotopic (exact) mass is 119 g/mol. The van der Waals surface area contributed by atoms with Crippen LogP contribution in [0.3, 0.4) is 0 Å². The van der Waals surface area contributed by atoms with Crippen molar-refractivity contribution in [3.63, 3.8) is 0 Å². The Hall–Kier alpha value is -0.940. The molecule has 1 atom stereocenters. The number of rotatable bonds is 1. The van der Waals surface area contributed by atoms with E-state index in [1.165, 1.54) is 0 Å². The first-order valence-electron chi connectivity index (χ1n) is 1.18. The zero-order chi connectivity index (χ0) is 5.70. The van der Waals surface area contributed by atoms with Crippen molar-refractivity contribution in [1.82, 2.24) is 0 Å². The minimum absolute atomic E-state index is 1.03. The third-order valence-electron chi connectivity index (χ3n) is 0.182. The van der Waals surface area contributed by atoms with Crippen molar-refractivity contribution < 1.29 is 8.07 Å². The average molecular weight is 119 g/mol. The molecule has 7 heavy (non-hydrogen) atoms. The minimum atomic E-state index is -2.33. The standard InChI is InChI=1S/C2FN2OS/c3-7(2-5)6-1-4/q+1. The van der Waals surface area contributed by atoms with Gasteiger partial charge in [0.2, 0.25) is 0 Å². The van der Waals surface area contributed by atoms with Crippen LogP contribution in [-0.4, -0.2) is 0 Å². The van der Waals surface area contributed by atoms with E-state index in [9.17, 15) is 3.89 Å². The molecule has 3 nitrogen and oxygen atoms in total. The molecule has 0 rings (SSSR count). The number of thiocyanates is 1. The van der Waals surface area contributed by atoms with Crippen LogP contribution in [0.1, 0.15) is 0 Å². The summed E-state index contributed by atoms with van der Waals surface area (Å²) >= 11 is -2.33. The molecule has 0 saturated carbocycles. The smallest absolute Gasteiger partial charge is 0.145 e. The first-order valence-corrected chi connectivity index (χ1v) is 2.23. The summed E-state index contributed by atoms with van der Waals surface area (Å²) < 4.78 is 14.9. The predicted octanol–water partition coefficient (Wildman–Crippen LogP) is 0.383. The Morgan fingerprint density at radius 1 is 1.57 bits per heavy atom. The van der Waals surface area contributed by atoms with Gasteiger partial charge in [-0.2, -0.15) is 0 Å². The fourth-order valence-corrected chi connectivity index (χ4v) is 0.154. The minimum Gasteiger partial charge on any atom is -0.145 e. The maximum absolute atomic E-state index is 11.4. The van der Waals surface area contributed by atoms with Gasteiger partial charge in [-0.25, -0.2) is 0 Å². The van der Waals surface area contributed by atoms with Crippen molar-refractivity contribution in [3.05, 3.63) is 0 Å². The van der Waals surface area contributed by atoms with Crippen LogP contribution >= 0.6 is 0 Å². The maximum Gasteiger partial charge on any atom is 0.551 e. The molecule has 0 aromatic carbocycles. The lowest BCUT2D eigenvalue weighted by atomic mass is 11.6. The van der Waals surface area contributed by atoms with Crippen LogP contribution in [0.4, 0.5) is 3.89 Å². The highest BCUT2D eigenvalue weighted by Crippen LogP contribution is 1.93. The Bertz CT molecular complexity index is 125. The molecule has 0 aromatic rings. The Morgan fingerprint density at radius 3 is 2.29 bits per heavy atom. The van der Waals surface area contributed by atoms with Crippen LogP contribution in [0.2, 0.25) is 0 Å². The summed E-state index contributed by atoms with van der Waals surface area (Å²) in [5.74, 6) is 0. The molecule has 1 unspecified atom stereocenters. The number of nitriles is 2. The van der Waals surface area contributed by atoms with E-state index in [0.29, 0.717) is 0 Å². The van der Waals surface area contributed by atoms with Gasteiger partial charge in [-0.1, -0.05) is 0 Å². The van der Waals surface area contributed by atoms with Crippen molar-refractivity contribution in [1.29, 1.82) is 10.5 Å². The summed E-state index contributed by atoms with van der Waals surface area (Å²) in [7, 11) is 0. The Kier molecular flexibility index (Phi) is 2.82. The lowest BCUT2D eigenvalue weighted by molar-refractivity contribution is 0.547. The molecule has 0 aliphatic heterocycles. The maximum atomic E-state index is 11.4. The van der Waals surface area contributed by atoms with Crippen LogP contribution < -0.4 is 0 Å². The molecule has 0 fully saturated rings. The number of hydrogen-bond acceptors (Lipinski definition) is 3. The summed E-state index contributed by atoms with van der Waals surface area (Å²) in [5.41, 5.74) is 0. The van der Waals surface area contributed by atoms with E-state index < -0.39 is 11.6 Å². The lowest BCUT2D eigenvalue weighted by Gasteiger charge is -1.64. The molecule has 0 radical (unpaired) electrons. The van der Waals surface area contributed by atoms with Crippen LogP contribution in [0.25, 0.3) is 0 Å². The van der Waals surface area contributed by atoms with Gasteiger partial charge in [-0.3, -0.25) is 0 Å². The van der Waals surface area contributed by atoms with Gasteiger partial charge in [0.15, 0.2) is 0 Å². The lowest BCUT2D eigenvalue weighted by Crippen LogP contribution is -1.86. The van der Waals surface area contributed by atoms with E-state index in [2.05, 4.69) is 4.18 Å². The van der Waals surface area contributed by atoms with E-state index in [-0.39, 0.29) is 0 Å². The van der Waals surface area contributed by atoms with Crippen LogP contribution in [-0.2, 0) is 15.7 Å². The molecular weight excluding hydrogens is 119 g/mol. The Balaban J connectivity index is 3.27. The zero-order valence-corrected chi connectivity index (χ0v) is 3.91. The molecular formula is C2FN2OS+. The fourth-order valence-electron chi connectivity index (χ4n) is 0.0514. The van der Waals surface area contributed by atoms with Crippen molar-refractivity contribution in [2.75, 3.05) is 0 Å². The van der Waals surface area contributed by atoms with E-state index in [4.69, 9.17) is 10.5 Å². The molecule has 36 valence electrons. The molecule has 0 heterocycles. The Morgan fingerprint density at radius 2 is 2.14 bits per heavy atom. The topological polar surface area (TPSA) is 56.8 Å². The van der Waals surface area contributed by atoms with Gasteiger partial charge >= 0.3 is 23.2 Å². The Labute approximate surface area is 42.8 Å². The summed E-state index contributed by atoms with van der Waals surface area (Å²) in [4.78, 5) is 0. The summed E-state index contributed by atoms with van der Waals surface area (Å²) in [5, 5.41) is 16.2. The van der Waals surface area contributed by atoms with Crippen LogP contribution in [0, 0.1) is 22.2 Å². The number of hydrogen-bond donors (Lipinski definition) is 0. The van der Waals surface area contributed by atoms with Gasteiger partial charge in [0.25, 0.3) is 0 Å². The molecule has 0 aliphatic carbocycles. The predicted molar refractivity (Wildman–Crippen MR) is 20.8 cm³/mol. The third kappa shape index (κ3) is 2.87.